The molecule has 0 amide bonds. The number of rotatable bonds is 1. The summed E-state index contributed by atoms with van der Waals surface area (Å²) in [4.78, 5) is 11.4. The van der Waals surface area contributed by atoms with Crippen molar-refractivity contribution in [1.29, 1.82) is 0 Å². The van der Waals surface area contributed by atoms with Crippen LogP contribution in [0.4, 0.5) is 0 Å². The summed E-state index contributed by atoms with van der Waals surface area (Å²) in [6.45, 7) is 0. The van der Waals surface area contributed by atoms with Crippen molar-refractivity contribution in [3.05, 3.63) is 45.0 Å². The highest BCUT2D eigenvalue weighted by Gasteiger charge is 2.41. The number of fused-ring (bicyclic) bond motifs is 3. The first-order chi connectivity index (χ1) is 8.18. The Morgan fingerprint density at radius 1 is 1.41 bits per heavy atom. The number of allylic oxidation sites excluding steroid dienone is 2. The minimum atomic E-state index is -0.644. The highest BCUT2D eigenvalue weighted by Crippen LogP contribution is 2.46. The van der Waals surface area contributed by atoms with E-state index in [4.69, 9.17) is 0 Å². The van der Waals surface area contributed by atoms with E-state index >= 15 is 0 Å². The molecule has 1 aromatic rings. The van der Waals surface area contributed by atoms with Crippen LogP contribution in [0.5, 0.6) is 0 Å². The zero-order valence-corrected chi connectivity index (χ0v) is 11.4. The predicted molar refractivity (Wildman–Crippen MR) is 74.0 cm³/mol. The first kappa shape index (κ1) is 11.3. The second-order valence-electron chi connectivity index (χ2n) is 4.81. The number of halogens is 1. The molecule has 3 unspecified atom stereocenters. The van der Waals surface area contributed by atoms with E-state index in [1.54, 1.807) is 0 Å². The molecule has 0 fully saturated rings. The molecule has 0 saturated heterocycles. The van der Waals surface area contributed by atoms with Crippen LogP contribution in [0.3, 0.4) is 0 Å². The van der Waals surface area contributed by atoms with E-state index in [1.807, 2.05) is 0 Å². The molecule has 0 heterocycles. The summed E-state index contributed by atoms with van der Waals surface area (Å²) in [5.41, 5.74) is 2.58. The molecule has 3 heteroatoms. The lowest BCUT2D eigenvalue weighted by atomic mass is 9.70. The van der Waals surface area contributed by atoms with E-state index in [2.05, 4.69) is 52.9 Å². The SMILES string of the molecule is O=C(O)C1Cc2c(I)cccc2C2C=CCC12. The van der Waals surface area contributed by atoms with Crippen molar-refractivity contribution in [3.63, 3.8) is 0 Å². The van der Waals surface area contributed by atoms with E-state index in [0.29, 0.717) is 12.3 Å². The van der Waals surface area contributed by atoms with Gasteiger partial charge in [0.05, 0.1) is 5.92 Å². The maximum Gasteiger partial charge on any atom is 0.307 e. The van der Waals surface area contributed by atoms with Gasteiger partial charge in [0.2, 0.25) is 0 Å². The van der Waals surface area contributed by atoms with Gasteiger partial charge in [0.25, 0.3) is 0 Å². The fourth-order valence-electron chi connectivity index (χ4n) is 3.17. The van der Waals surface area contributed by atoms with Gasteiger partial charge in [-0.2, -0.15) is 0 Å². The Bertz CT molecular complexity index is 507. The largest absolute Gasteiger partial charge is 0.481 e. The van der Waals surface area contributed by atoms with Crippen LogP contribution < -0.4 is 0 Å². The van der Waals surface area contributed by atoms with Gasteiger partial charge >= 0.3 is 5.97 Å². The molecule has 0 saturated carbocycles. The standard InChI is InChI=1S/C14H13IO2/c15-13-6-2-5-9-8-3-1-4-10(8)12(14(16)17)7-11(9)13/h1-3,5-6,8,10,12H,4,7H2,(H,16,17). The van der Waals surface area contributed by atoms with Gasteiger partial charge in [-0.05, 0) is 58.5 Å². The molecular formula is C14H13IO2. The van der Waals surface area contributed by atoms with Gasteiger partial charge in [0.15, 0.2) is 0 Å². The molecule has 0 radical (unpaired) electrons. The van der Waals surface area contributed by atoms with Crippen LogP contribution in [0.15, 0.2) is 30.4 Å². The summed E-state index contributed by atoms with van der Waals surface area (Å²) in [6, 6.07) is 6.30. The first-order valence-electron chi connectivity index (χ1n) is 5.85. The smallest absolute Gasteiger partial charge is 0.307 e. The summed E-state index contributed by atoms with van der Waals surface area (Å²) < 4.78 is 1.20. The summed E-state index contributed by atoms with van der Waals surface area (Å²) in [6.07, 6.45) is 5.92. The van der Waals surface area contributed by atoms with Crippen LogP contribution in [0.25, 0.3) is 0 Å². The van der Waals surface area contributed by atoms with Crippen molar-refractivity contribution in [3.8, 4) is 0 Å². The van der Waals surface area contributed by atoms with Crippen LogP contribution in [-0.2, 0) is 11.2 Å². The lowest BCUT2D eigenvalue weighted by Crippen LogP contribution is -2.32. The van der Waals surface area contributed by atoms with E-state index in [1.165, 1.54) is 14.7 Å². The van der Waals surface area contributed by atoms with Gasteiger partial charge < -0.3 is 5.11 Å². The zero-order chi connectivity index (χ0) is 12.0. The van der Waals surface area contributed by atoms with Gasteiger partial charge in [0.1, 0.15) is 0 Å². The van der Waals surface area contributed by atoms with Crippen molar-refractivity contribution < 1.29 is 9.90 Å². The van der Waals surface area contributed by atoms with Gasteiger partial charge in [-0.3, -0.25) is 4.79 Å². The van der Waals surface area contributed by atoms with Crippen LogP contribution in [0.2, 0.25) is 0 Å². The quantitative estimate of drug-likeness (QED) is 0.630. The number of benzene rings is 1. The van der Waals surface area contributed by atoms with E-state index < -0.39 is 5.97 Å². The highest BCUT2D eigenvalue weighted by atomic mass is 127. The van der Waals surface area contributed by atoms with Crippen LogP contribution in [-0.4, -0.2) is 11.1 Å². The molecule has 1 N–H and O–H groups in total. The average Bonchev–Trinajstić information content (AvgIpc) is 2.77. The molecule has 17 heavy (non-hydrogen) atoms. The second-order valence-corrected chi connectivity index (χ2v) is 5.97. The minimum absolute atomic E-state index is 0.224. The monoisotopic (exact) mass is 340 g/mol. The average molecular weight is 340 g/mol. The van der Waals surface area contributed by atoms with Crippen molar-refractivity contribution in [2.45, 2.75) is 18.8 Å². The summed E-state index contributed by atoms with van der Waals surface area (Å²) >= 11 is 2.31. The zero-order valence-electron chi connectivity index (χ0n) is 9.27. The number of carbonyl (C=O) groups is 1. The first-order valence-corrected chi connectivity index (χ1v) is 6.93. The Morgan fingerprint density at radius 2 is 2.24 bits per heavy atom. The Labute approximate surface area is 114 Å². The van der Waals surface area contributed by atoms with Gasteiger partial charge in [-0.15, -0.1) is 0 Å². The van der Waals surface area contributed by atoms with Crippen LogP contribution in [0.1, 0.15) is 23.5 Å². The maximum absolute atomic E-state index is 11.4. The van der Waals surface area contributed by atoms with Crippen molar-refractivity contribution in [2.24, 2.45) is 11.8 Å². The van der Waals surface area contributed by atoms with Gasteiger partial charge in [0, 0.05) is 9.49 Å². The number of carboxylic acids is 1. The third-order valence-electron chi connectivity index (χ3n) is 3.99. The Hall–Kier alpha value is -0.840. The molecule has 2 aliphatic carbocycles. The Morgan fingerprint density at radius 3 is 3.00 bits per heavy atom. The lowest BCUT2D eigenvalue weighted by Gasteiger charge is -2.33. The van der Waals surface area contributed by atoms with E-state index in [-0.39, 0.29) is 11.8 Å². The molecule has 0 spiro atoms. The highest BCUT2D eigenvalue weighted by molar-refractivity contribution is 14.1. The minimum Gasteiger partial charge on any atom is -0.481 e. The Balaban J connectivity index is 2.12. The van der Waals surface area contributed by atoms with Crippen LogP contribution >= 0.6 is 22.6 Å². The molecule has 0 aromatic heterocycles. The molecule has 2 aliphatic rings. The third-order valence-corrected chi connectivity index (χ3v) is 5.00. The van der Waals surface area contributed by atoms with Crippen molar-refractivity contribution in [2.75, 3.05) is 0 Å². The lowest BCUT2D eigenvalue weighted by molar-refractivity contribution is -0.144. The fraction of sp³-hybridized carbons (Fsp3) is 0.357. The van der Waals surface area contributed by atoms with Crippen molar-refractivity contribution in [1.82, 2.24) is 0 Å². The Kier molecular flexibility index (Phi) is 2.73. The molecule has 3 atom stereocenters. The van der Waals surface area contributed by atoms with Crippen molar-refractivity contribution >= 4 is 28.6 Å². The summed E-state index contributed by atoms with van der Waals surface area (Å²) in [5, 5.41) is 9.37. The number of carboxylic acid groups (broad SMARTS) is 1. The fourth-order valence-corrected chi connectivity index (χ4v) is 3.90. The molecule has 2 nitrogen and oxygen atoms in total. The van der Waals surface area contributed by atoms with Gasteiger partial charge in [-0.1, -0.05) is 24.3 Å². The summed E-state index contributed by atoms with van der Waals surface area (Å²) in [7, 11) is 0. The van der Waals surface area contributed by atoms with Crippen LogP contribution in [0, 0.1) is 15.4 Å². The second kappa shape index (κ2) is 4.12. The van der Waals surface area contributed by atoms with Gasteiger partial charge in [-0.25, -0.2) is 0 Å². The normalized spacial score (nSPS) is 29.8. The third kappa shape index (κ3) is 1.71. The number of aliphatic carboxylic acids is 1. The molecule has 1 aromatic carbocycles. The predicted octanol–water partition coefficient (Wildman–Crippen LogP) is 3.21. The summed E-state index contributed by atoms with van der Waals surface area (Å²) in [5.74, 6) is -0.291. The molecular weight excluding hydrogens is 327 g/mol. The number of hydrogen-bond donors (Lipinski definition) is 1. The molecule has 3 rings (SSSR count). The van der Waals surface area contributed by atoms with E-state index in [0.717, 1.165) is 6.42 Å². The molecule has 88 valence electrons. The molecule has 0 aliphatic heterocycles. The number of hydrogen-bond acceptors (Lipinski definition) is 1. The topological polar surface area (TPSA) is 37.3 Å². The maximum atomic E-state index is 11.4. The van der Waals surface area contributed by atoms with E-state index in [9.17, 15) is 9.90 Å². The molecule has 0 bridgehead atoms.